The fourth-order valence-electron chi connectivity index (χ4n) is 0.172. The largest absolute Gasteiger partial charge is 0.302 e. The van der Waals surface area contributed by atoms with E-state index in [1.54, 1.807) is 0 Å². The third-order valence-electron chi connectivity index (χ3n) is 0.553. The number of hydrogen-bond acceptors (Lipinski definition) is 2. The van der Waals surface area contributed by atoms with E-state index in [0.717, 1.165) is 0 Å². The predicted octanol–water partition coefficient (Wildman–Crippen LogP) is 0.935. The lowest BCUT2D eigenvalue weighted by atomic mass is 10.4. The fraction of sp³-hybridized carbons (Fsp3) is 0.500. The Bertz CT molecular complexity index is 125. The molecule has 0 aromatic rings. The molecule has 1 N–H and O–H groups in total. The molecule has 54 valence electrons. The normalized spacial score (nSPS) is 13.1. The molecular weight excluding hydrogens is 164 g/mol. The van der Waals surface area contributed by atoms with Crippen LogP contribution in [0.4, 0.5) is 0 Å². The lowest BCUT2D eigenvalue weighted by Crippen LogP contribution is -2.00. The van der Waals surface area contributed by atoms with Gasteiger partial charge in [0.25, 0.3) is 0 Å². The van der Waals surface area contributed by atoms with Gasteiger partial charge in [0.2, 0.25) is 0 Å². The van der Waals surface area contributed by atoms with E-state index in [-0.39, 0.29) is 12.5 Å². The summed E-state index contributed by atoms with van der Waals surface area (Å²) in [6.45, 7) is 3.48. The second-order valence-electron chi connectivity index (χ2n) is 1.36. The zero-order valence-electron chi connectivity index (χ0n) is 4.67. The third-order valence-corrected chi connectivity index (χ3v) is 1.25. The molecule has 0 aliphatic carbocycles. The zero-order chi connectivity index (χ0) is 7.28. The second-order valence-corrected chi connectivity index (χ2v) is 2.30. The number of halogens is 1. The molecule has 0 saturated heterocycles. The van der Waals surface area contributed by atoms with E-state index in [1.165, 1.54) is 0 Å². The van der Waals surface area contributed by atoms with Crippen molar-refractivity contribution in [3.05, 3.63) is 12.2 Å². The van der Waals surface area contributed by atoms with E-state index in [2.05, 4.69) is 10.8 Å². The van der Waals surface area contributed by atoms with Crippen molar-refractivity contribution in [2.75, 3.05) is 12.5 Å². The highest BCUT2D eigenvalue weighted by atomic mass is 35.5. The lowest BCUT2D eigenvalue weighted by Gasteiger charge is -1.96. The van der Waals surface area contributed by atoms with Crippen LogP contribution in [0.5, 0.6) is 0 Å². The summed E-state index contributed by atoms with van der Waals surface area (Å²) in [6, 6.07) is 0. The van der Waals surface area contributed by atoms with Gasteiger partial charge in [-0.1, -0.05) is 6.58 Å². The molecule has 0 heterocycles. The van der Waals surface area contributed by atoms with Gasteiger partial charge >= 0.3 is 11.4 Å². The van der Waals surface area contributed by atoms with Crippen LogP contribution in [0.3, 0.4) is 0 Å². The van der Waals surface area contributed by atoms with Gasteiger partial charge in [0.15, 0.2) is 0 Å². The first-order chi connectivity index (χ1) is 4.16. The van der Waals surface area contributed by atoms with Crippen molar-refractivity contribution in [1.29, 1.82) is 0 Å². The Kier molecular flexibility index (Phi) is 4.99. The smallest absolute Gasteiger partial charge is 0.284 e. The Labute approximate surface area is 61.1 Å². The van der Waals surface area contributed by atoms with Crippen LogP contribution in [0.25, 0.3) is 0 Å². The molecule has 1 atom stereocenters. The molecule has 0 aromatic carbocycles. The van der Waals surface area contributed by atoms with Crippen LogP contribution in [0, 0.1) is 0 Å². The Balaban J connectivity index is 3.28. The molecule has 1 unspecified atom stereocenters. The van der Waals surface area contributed by atoms with Gasteiger partial charge in [-0.05, 0) is 5.57 Å². The fourth-order valence-corrected chi connectivity index (χ4v) is 0.517. The lowest BCUT2D eigenvalue weighted by molar-refractivity contribution is 0.335. The molecule has 0 radical (unpaired) electrons. The standard InChI is InChI=1S/C4H7ClO3S/c1-4(2-5)3-8-9(6)7/h1-3H2,(H,6,7). The van der Waals surface area contributed by atoms with E-state index in [1.807, 2.05) is 0 Å². The average Bonchev–Trinajstić information content (AvgIpc) is 1.83. The van der Waals surface area contributed by atoms with Crippen molar-refractivity contribution in [3.63, 3.8) is 0 Å². The van der Waals surface area contributed by atoms with Gasteiger partial charge in [-0.25, -0.2) is 0 Å². The quantitative estimate of drug-likeness (QED) is 0.388. The Morgan fingerprint density at radius 2 is 2.44 bits per heavy atom. The summed E-state index contributed by atoms with van der Waals surface area (Å²) in [5.74, 6) is 0.247. The van der Waals surface area contributed by atoms with Gasteiger partial charge in [0.05, 0.1) is 6.61 Å². The van der Waals surface area contributed by atoms with Crippen LogP contribution in [0.15, 0.2) is 12.2 Å². The Hall–Kier alpha value is 0.1000. The summed E-state index contributed by atoms with van der Waals surface area (Å²) >= 11 is 3.07. The van der Waals surface area contributed by atoms with Crippen LogP contribution < -0.4 is 0 Å². The average molecular weight is 171 g/mol. The van der Waals surface area contributed by atoms with Crippen LogP contribution in [0.1, 0.15) is 0 Å². The summed E-state index contributed by atoms with van der Waals surface area (Å²) in [5.41, 5.74) is 0.582. The van der Waals surface area contributed by atoms with Gasteiger partial charge in [-0.15, -0.1) is 11.6 Å². The van der Waals surface area contributed by atoms with Crippen molar-refractivity contribution in [2.45, 2.75) is 0 Å². The molecule has 0 aliphatic heterocycles. The van der Waals surface area contributed by atoms with E-state index in [0.29, 0.717) is 5.57 Å². The molecule has 9 heavy (non-hydrogen) atoms. The molecular formula is C4H7ClO3S. The molecule has 0 aliphatic rings. The summed E-state index contributed by atoms with van der Waals surface area (Å²) in [7, 11) is 0. The van der Waals surface area contributed by atoms with Crippen LogP contribution in [0.2, 0.25) is 0 Å². The van der Waals surface area contributed by atoms with E-state index in [4.69, 9.17) is 16.2 Å². The molecule has 0 saturated carbocycles. The number of alkyl halides is 1. The highest BCUT2D eigenvalue weighted by molar-refractivity contribution is 7.74. The topological polar surface area (TPSA) is 46.5 Å². The molecule has 3 nitrogen and oxygen atoms in total. The number of hydrogen-bond donors (Lipinski definition) is 1. The van der Waals surface area contributed by atoms with Crippen molar-refractivity contribution in [1.82, 2.24) is 0 Å². The van der Waals surface area contributed by atoms with Gasteiger partial charge in [-0.3, -0.25) is 8.74 Å². The van der Waals surface area contributed by atoms with Crippen molar-refractivity contribution in [3.8, 4) is 0 Å². The molecule has 0 bridgehead atoms. The van der Waals surface area contributed by atoms with Gasteiger partial charge in [-0.2, -0.15) is 4.21 Å². The molecule has 0 amide bonds. The van der Waals surface area contributed by atoms with Crippen LogP contribution in [-0.2, 0) is 15.5 Å². The first-order valence-electron chi connectivity index (χ1n) is 2.13. The van der Waals surface area contributed by atoms with Crippen molar-refractivity contribution in [2.24, 2.45) is 0 Å². The first kappa shape index (κ1) is 9.10. The molecule has 0 spiro atoms. The van der Waals surface area contributed by atoms with Crippen LogP contribution >= 0.6 is 11.6 Å². The maximum absolute atomic E-state index is 9.82. The van der Waals surface area contributed by atoms with E-state index in [9.17, 15) is 4.21 Å². The molecule has 0 fully saturated rings. The summed E-state index contributed by atoms with van der Waals surface area (Å²) in [5, 5.41) is 0. The summed E-state index contributed by atoms with van der Waals surface area (Å²) in [6.07, 6.45) is 0. The van der Waals surface area contributed by atoms with Crippen molar-refractivity contribution < 1.29 is 12.9 Å². The van der Waals surface area contributed by atoms with E-state index >= 15 is 0 Å². The van der Waals surface area contributed by atoms with Gasteiger partial charge in [0, 0.05) is 5.88 Å². The van der Waals surface area contributed by atoms with Crippen molar-refractivity contribution >= 4 is 23.0 Å². The third kappa shape index (κ3) is 5.98. The van der Waals surface area contributed by atoms with Crippen LogP contribution in [-0.4, -0.2) is 21.2 Å². The summed E-state index contributed by atoms with van der Waals surface area (Å²) in [4.78, 5) is 0. The Morgan fingerprint density at radius 1 is 1.89 bits per heavy atom. The Morgan fingerprint density at radius 3 is 2.78 bits per heavy atom. The minimum Gasteiger partial charge on any atom is -0.284 e. The minimum absolute atomic E-state index is 0.0343. The molecule has 5 heteroatoms. The maximum atomic E-state index is 9.82. The van der Waals surface area contributed by atoms with E-state index < -0.39 is 11.4 Å². The predicted molar refractivity (Wildman–Crippen MR) is 36.6 cm³/mol. The summed E-state index contributed by atoms with van der Waals surface area (Å²) < 4.78 is 22.1. The SMILES string of the molecule is C=C(CCl)COS(=O)O. The number of rotatable bonds is 4. The maximum Gasteiger partial charge on any atom is 0.302 e. The highest BCUT2D eigenvalue weighted by Crippen LogP contribution is 1.94. The van der Waals surface area contributed by atoms with Gasteiger partial charge < -0.3 is 0 Å². The monoisotopic (exact) mass is 170 g/mol. The first-order valence-corrected chi connectivity index (χ1v) is 3.70. The molecule has 0 aromatic heterocycles. The second kappa shape index (κ2) is 4.93. The molecule has 0 rings (SSSR count). The van der Waals surface area contributed by atoms with Gasteiger partial charge in [0.1, 0.15) is 0 Å². The highest BCUT2D eigenvalue weighted by Gasteiger charge is 1.94. The minimum atomic E-state index is -2.21. The zero-order valence-corrected chi connectivity index (χ0v) is 6.24.